The maximum Gasteiger partial charge on any atom is 0.134 e. The molecule has 0 spiro atoms. The molecule has 0 aliphatic rings. The second-order valence-corrected chi connectivity index (χ2v) is 21.2. The van der Waals surface area contributed by atoms with Crippen molar-refractivity contribution in [1.82, 2.24) is 24.1 Å². The summed E-state index contributed by atoms with van der Waals surface area (Å²) in [4.78, 5) is 14.0. The largest absolute Gasteiger partial charge is 0.309 e. The molecule has 0 fully saturated rings. The summed E-state index contributed by atoms with van der Waals surface area (Å²) in [6.45, 7) is 7.99. The van der Waals surface area contributed by atoms with Gasteiger partial charge in [0.05, 0.1) is 40.9 Å². The molecule has 0 N–H and O–H groups in total. The first-order valence-corrected chi connectivity index (χ1v) is 29.6. The molecule has 0 aliphatic carbocycles. The summed E-state index contributed by atoms with van der Waals surface area (Å²) >= 11 is 0. The van der Waals surface area contributed by atoms with E-state index in [1.165, 1.54) is 88.4 Å². The zero-order valence-corrected chi connectivity index (χ0v) is 52.3. The number of rotatable bonds is 6. The van der Waals surface area contributed by atoms with Gasteiger partial charge in [0.2, 0.25) is 0 Å². The Kier molecular flexibility index (Phi) is 19.8. The Morgan fingerprint density at radius 2 is 0.776 bits per heavy atom. The van der Waals surface area contributed by atoms with Crippen LogP contribution in [0.15, 0.2) is 279 Å². The standard InChI is InChI=1S/C36H24N2.C26H20N2.C11H8N.CH5BP.CH4BP.Ir/c1-5-13-33-29(9-1)30-10-2-6-14-34(30)37(33)27-21-17-25(18-22-27)26-19-23-28(24-20-26)38-35-15-7-3-11-31(35)32-12-4-8-16-36(32)38;1-17-15-23(19-9-5-3-6-10-19)21-13-14-22-24(20-11-7-4-8-12-20)16-18(2)28-26(22)25(21)27-17;1-2-6-10(7-3-1)11-8-4-5-9-12-11;1-2-3;2-1-3;/h1-24H;3-16H,1-2H3;1-6,8-9H;3H2,1H3;1,3H2;/q;;-1;;;. The molecule has 412 valence electrons. The second-order valence-electron chi connectivity index (χ2n) is 20.1. The van der Waals surface area contributed by atoms with Crippen molar-refractivity contribution in [2.24, 2.45) is 0 Å². The molecule has 5 nitrogen and oxygen atoms in total. The monoisotopic (exact) mass is 1310 g/mol. The van der Waals surface area contributed by atoms with Gasteiger partial charge in [-0.3, -0.25) is 9.97 Å². The average molecular weight is 1310 g/mol. The Labute approximate surface area is 518 Å². The smallest absolute Gasteiger partial charge is 0.134 e. The Hall–Kier alpha value is -8.59. The maximum atomic E-state index is 4.90. The zero-order valence-electron chi connectivity index (χ0n) is 47.6. The van der Waals surface area contributed by atoms with Crippen molar-refractivity contribution in [2.45, 2.75) is 20.7 Å². The Morgan fingerprint density at radius 1 is 0.424 bits per heavy atom. The minimum absolute atomic E-state index is 0. The molecular formula is C75H61B2IrN5P2-. The van der Waals surface area contributed by atoms with Crippen LogP contribution >= 0.6 is 18.4 Å². The molecule has 0 aliphatic heterocycles. The SMILES string of the molecule is C[B]P.Cc1cc(-c2ccccc2)c2ccc3c(-c4ccccc4)cc(C)nc3c2n1.[B]CP.[Ir].[c-]1ccccc1-c1ccccn1.c1ccc2c(c1)c1ccccc1n2-c1ccc(-c2ccc(-n3c4ccccc4c4ccccc43)cc2)cc1. The molecule has 15 aromatic rings. The van der Waals surface area contributed by atoms with Crippen LogP contribution in [-0.2, 0) is 20.1 Å². The van der Waals surface area contributed by atoms with Crippen molar-refractivity contribution in [3.8, 4) is 56.0 Å². The fourth-order valence-electron chi connectivity index (χ4n) is 11.0. The van der Waals surface area contributed by atoms with Crippen LogP contribution in [-0.4, -0.2) is 45.0 Å². The summed E-state index contributed by atoms with van der Waals surface area (Å²) in [7, 11) is 9.62. The summed E-state index contributed by atoms with van der Waals surface area (Å²) in [6.07, 6.45) is 1.79. The number of para-hydroxylation sites is 4. The number of hydrogen-bond donors (Lipinski definition) is 0. The van der Waals surface area contributed by atoms with Gasteiger partial charge >= 0.3 is 0 Å². The minimum Gasteiger partial charge on any atom is -0.309 e. The van der Waals surface area contributed by atoms with E-state index in [9.17, 15) is 0 Å². The van der Waals surface area contributed by atoms with Crippen LogP contribution in [0.3, 0.4) is 0 Å². The summed E-state index contributed by atoms with van der Waals surface area (Å²) in [5.41, 5.74) is 20.5. The molecule has 0 saturated carbocycles. The predicted molar refractivity (Wildman–Crippen MR) is 368 cm³/mol. The Bertz CT molecular complexity index is 4250. The van der Waals surface area contributed by atoms with Gasteiger partial charge in [-0.25, -0.2) is 0 Å². The Morgan fingerprint density at radius 3 is 1.13 bits per heavy atom. The number of benzene rings is 10. The molecule has 2 atom stereocenters. The summed E-state index contributed by atoms with van der Waals surface area (Å²) in [5.74, 6) is 0. The van der Waals surface area contributed by atoms with Gasteiger partial charge in [-0.1, -0.05) is 195 Å². The summed E-state index contributed by atoms with van der Waals surface area (Å²) in [6, 6.07) is 99.6. The van der Waals surface area contributed by atoms with Gasteiger partial charge in [0.1, 0.15) is 7.00 Å². The number of pyridine rings is 3. The molecule has 0 amide bonds. The van der Waals surface area contributed by atoms with Crippen molar-refractivity contribution in [3.63, 3.8) is 0 Å². The summed E-state index contributed by atoms with van der Waals surface area (Å²) < 4.78 is 4.72. The predicted octanol–water partition coefficient (Wildman–Crippen LogP) is 19.3. The fourth-order valence-corrected chi connectivity index (χ4v) is 11.0. The van der Waals surface area contributed by atoms with Crippen molar-refractivity contribution < 1.29 is 20.1 Å². The van der Waals surface area contributed by atoms with Crippen molar-refractivity contribution in [3.05, 3.63) is 297 Å². The molecule has 10 aromatic carbocycles. The van der Waals surface area contributed by atoms with E-state index < -0.39 is 0 Å². The van der Waals surface area contributed by atoms with E-state index in [4.69, 9.17) is 17.8 Å². The van der Waals surface area contributed by atoms with E-state index in [0.717, 1.165) is 44.5 Å². The van der Waals surface area contributed by atoms with Crippen molar-refractivity contribution in [2.75, 3.05) is 6.06 Å². The van der Waals surface area contributed by atoms with Gasteiger partial charge in [0.25, 0.3) is 0 Å². The quantitative estimate of drug-likeness (QED) is 0.0721. The third-order valence-corrected chi connectivity index (χ3v) is 14.6. The van der Waals surface area contributed by atoms with Gasteiger partial charge in [-0.15, -0.1) is 45.1 Å². The molecular weight excluding hydrogens is 1250 g/mol. The first-order chi connectivity index (χ1) is 41.4. The third kappa shape index (κ3) is 13.1. The van der Waals surface area contributed by atoms with E-state index in [2.05, 4.69) is 271 Å². The Balaban J connectivity index is 0.000000149. The van der Waals surface area contributed by atoms with Gasteiger partial charge in [-0.05, 0) is 120 Å². The van der Waals surface area contributed by atoms with Crippen LogP contribution in [0.5, 0.6) is 0 Å². The van der Waals surface area contributed by atoms with Crippen LogP contribution < -0.4 is 0 Å². The van der Waals surface area contributed by atoms with Crippen molar-refractivity contribution in [1.29, 1.82) is 0 Å². The average Bonchev–Trinajstić information content (AvgIpc) is 4.01. The van der Waals surface area contributed by atoms with Crippen LogP contribution in [0.4, 0.5) is 0 Å². The van der Waals surface area contributed by atoms with Gasteiger partial charge in [-0.2, -0.15) is 9.12 Å². The normalized spacial score (nSPS) is 10.6. The van der Waals surface area contributed by atoms with Gasteiger partial charge < -0.3 is 14.1 Å². The minimum atomic E-state index is 0. The van der Waals surface area contributed by atoms with Crippen LogP contribution in [0, 0.1) is 19.9 Å². The maximum absolute atomic E-state index is 4.90. The molecule has 85 heavy (non-hydrogen) atoms. The van der Waals surface area contributed by atoms with E-state index in [1.807, 2.05) is 68.4 Å². The van der Waals surface area contributed by atoms with E-state index in [-0.39, 0.29) is 20.1 Å². The summed E-state index contributed by atoms with van der Waals surface area (Å²) in [5, 5.41) is 7.42. The van der Waals surface area contributed by atoms with Crippen LogP contribution in [0.1, 0.15) is 11.4 Å². The molecule has 5 heterocycles. The third-order valence-electron chi connectivity index (χ3n) is 14.6. The molecule has 15 rings (SSSR count). The van der Waals surface area contributed by atoms with Crippen molar-refractivity contribution >= 4 is 98.6 Å². The fraction of sp³-hybridized carbons (Fsp3) is 0.0533. The molecule has 10 heteroatoms. The van der Waals surface area contributed by atoms with Gasteiger partial charge in [0.15, 0.2) is 0 Å². The van der Waals surface area contributed by atoms with Crippen LogP contribution in [0.2, 0.25) is 6.82 Å². The van der Waals surface area contributed by atoms with E-state index >= 15 is 0 Å². The number of nitrogens with zero attached hydrogens (tertiary/aromatic N) is 5. The number of aryl methyl sites for hydroxylation is 2. The molecule has 2 unspecified atom stereocenters. The van der Waals surface area contributed by atoms with Crippen LogP contribution in [0.25, 0.3) is 121 Å². The molecule has 0 bridgehead atoms. The second kappa shape index (κ2) is 28.3. The first-order valence-electron chi connectivity index (χ1n) is 28.1. The zero-order chi connectivity index (χ0) is 57.8. The van der Waals surface area contributed by atoms with E-state index in [0.29, 0.717) is 6.06 Å². The van der Waals surface area contributed by atoms with E-state index in [1.54, 1.807) is 6.20 Å². The molecule has 4 radical (unpaired) electrons. The topological polar surface area (TPSA) is 48.5 Å². The molecule has 0 saturated heterocycles. The first kappa shape index (κ1) is 59.6. The van der Waals surface area contributed by atoms with Gasteiger partial charge in [0, 0.05) is 81.4 Å². The number of hydrogen-bond acceptors (Lipinski definition) is 3. The number of aromatic nitrogens is 5. The number of fused-ring (bicyclic) bond motifs is 9. The molecule has 5 aromatic heterocycles.